The number of carbonyl (C=O) groups excluding carboxylic acids is 1. The monoisotopic (exact) mass is 608 g/mol. The Morgan fingerprint density at radius 3 is 2.56 bits per heavy atom. The van der Waals surface area contributed by atoms with Crippen LogP contribution in [-0.4, -0.2) is 61.0 Å². The standard InChI is InChI=1S/C34H36N6O5/c1-4-44-15-16-45-26-11-9-23(10-12-26)31-27-8-6-5-7-24(27)21-38-40(31)14-13-29(41)28-18-22(19-30(42-2)32(28)43-3)17-25-20-37-34(36)39-33(25)35/h5-14,18-21,31H,4,15-17H2,1-3H3,(H4,35,36,37,39)/b14-13+. The molecule has 0 bridgehead atoms. The Morgan fingerprint density at radius 1 is 1.02 bits per heavy atom. The van der Waals surface area contributed by atoms with Crippen molar-refractivity contribution < 1.29 is 23.7 Å². The van der Waals surface area contributed by atoms with E-state index in [1.807, 2.05) is 49.4 Å². The molecule has 0 amide bonds. The van der Waals surface area contributed by atoms with Crippen LogP contribution >= 0.6 is 0 Å². The van der Waals surface area contributed by atoms with Crippen LogP contribution in [0, 0.1) is 0 Å². The average Bonchev–Trinajstić information content (AvgIpc) is 3.06. The van der Waals surface area contributed by atoms with Crippen LogP contribution in [0.1, 0.15) is 51.1 Å². The molecule has 232 valence electrons. The Kier molecular flexibility index (Phi) is 9.90. The van der Waals surface area contributed by atoms with E-state index in [-0.39, 0.29) is 23.6 Å². The molecule has 2 heterocycles. The van der Waals surface area contributed by atoms with Crippen LogP contribution in [-0.2, 0) is 11.2 Å². The van der Waals surface area contributed by atoms with Gasteiger partial charge in [-0.15, -0.1) is 0 Å². The molecule has 1 aliphatic heterocycles. The largest absolute Gasteiger partial charge is 0.493 e. The summed E-state index contributed by atoms with van der Waals surface area (Å²) >= 11 is 0. The third-order valence-corrected chi connectivity index (χ3v) is 7.28. The van der Waals surface area contributed by atoms with Gasteiger partial charge in [-0.2, -0.15) is 10.1 Å². The summed E-state index contributed by atoms with van der Waals surface area (Å²) in [5.74, 6) is 1.54. The minimum absolute atomic E-state index is 0.0904. The fraction of sp³-hybridized carbons (Fsp3) is 0.235. The van der Waals surface area contributed by atoms with Crippen LogP contribution in [0.15, 0.2) is 84.2 Å². The summed E-state index contributed by atoms with van der Waals surface area (Å²) in [6.07, 6.45) is 6.87. The molecule has 0 aliphatic carbocycles. The first-order chi connectivity index (χ1) is 21.9. The van der Waals surface area contributed by atoms with Crippen molar-refractivity contribution in [3.8, 4) is 17.2 Å². The van der Waals surface area contributed by atoms with Gasteiger partial charge in [0.2, 0.25) is 5.95 Å². The highest BCUT2D eigenvalue weighted by atomic mass is 16.5. The summed E-state index contributed by atoms with van der Waals surface area (Å²) in [5.41, 5.74) is 16.5. The first-order valence-electron chi connectivity index (χ1n) is 14.5. The van der Waals surface area contributed by atoms with Crippen molar-refractivity contribution in [2.24, 2.45) is 5.10 Å². The third kappa shape index (κ3) is 7.22. The number of ketones is 1. The van der Waals surface area contributed by atoms with Gasteiger partial charge in [-0.1, -0.05) is 36.4 Å². The SMILES string of the molecule is CCOCCOc1ccc(C2c3ccccc3C=NN2/C=C/C(=O)c2cc(Cc3cnc(N)nc3N)cc(OC)c2OC)cc1. The second kappa shape index (κ2) is 14.4. The lowest BCUT2D eigenvalue weighted by Crippen LogP contribution is -2.25. The van der Waals surface area contributed by atoms with E-state index >= 15 is 0 Å². The molecule has 3 aromatic carbocycles. The Hall–Kier alpha value is -5.42. The second-order valence-electron chi connectivity index (χ2n) is 10.1. The fourth-order valence-corrected chi connectivity index (χ4v) is 5.11. The number of ether oxygens (including phenoxy) is 4. The normalized spacial score (nSPS) is 13.9. The molecule has 0 radical (unpaired) electrons. The Bertz CT molecular complexity index is 1710. The highest BCUT2D eigenvalue weighted by Crippen LogP contribution is 2.36. The predicted octanol–water partition coefficient (Wildman–Crippen LogP) is 4.80. The Balaban J connectivity index is 1.43. The van der Waals surface area contributed by atoms with E-state index in [4.69, 9.17) is 30.4 Å². The third-order valence-electron chi connectivity index (χ3n) is 7.28. The lowest BCUT2D eigenvalue weighted by Gasteiger charge is -2.31. The van der Waals surface area contributed by atoms with Gasteiger partial charge in [-0.05, 0) is 47.9 Å². The summed E-state index contributed by atoms with van der Waals surface area (Å²) in [6.45, 7) is 3.60. The zero-order valence-corrected chi connectivity index (χ0v) is 25.5. The Labute approximate surface area is 262 Å². The van der Waals surface area contributed by atoms with Crippen molar-refractivity contribution in [1.82, 2.24) is 15.0 Å². The topological polar surface area (TPSA) is 147 Å². The molecule has 1 unspecified atom stereocenters. The summed E-state index contributed by atoms with van der Waals surface area (Å²) in [4.78, 5) is 21.8. The highest BCUT2D eigenvalue weighted by molar-refractivity contribution is 6.07. The Morgan fingerprint density at radius 2 is 1.82 bits per heavy atom. The zero-order chi connectivity index (χ0) is 31.8. The van der Waals surface area contributed by atoms with E-state index in [0.29, 0.717) is 48.9 Å². The maximum atomic E-state index is 13.7. The second-order valence-corrected chi connectivity index (χ2v) is 10.1. The van der Waals surface area contributed by atoms with Crippen molar-refractivity contribution in [2.45, 2.75) is 19.4 Å². The molecular weight excluding hydrogens is 572 g/mol. The van der Waals surface area contributed by atoms with Crippen LogP contribution in [0.25, 0.3) is 0 Å². The van der Waals surface area contributed by atoms with Crippen molar-refractivity contribution >= 4 is 23.8 Å². The van der Waals surface area contributed by atoms with E-state index in [2.05, 4.69) is 21.1 Å². The molecular formula is C34H36N6O5. The molecule has 1 atom stereocenters. The molecule has 0 fully saturated rings. The number of carbonyl (C=O) groups is 1. The van der Waals surface area contributed by atoms with E-state index in [9.17, 15) is 4.79 Å². The van der Waals surface area contributed by atoms with E-state index in [1.54, 1.807) is 35.8 Å². The molecule has 45 heavy (non-hydrogen) atoms. The van der Waals surface area contributed by atoms with Crippen molar-refractivity contribution in [2.75, 3.05) is 45.5 Å². The van der Waals surface area contributed by atoms with Crippen molar-refractivity contribution in [1.29, 1.82) is 0 Å². The summed E-state index contributed by atoms with van der Waals surface area (Å²) in [6, 6.07) is 19.2. The number of benzene rings is 3. The number of hydrazone groups is 1. The number of fused-ring (bicyclic) bond motifs is 1. The number of hydrogen-bond donors (Lipinski definition) is 2. The van der Waals surface area contributed by atoms with E-state index < -0.39 is 0 Å². The predicted molar refractivity (Wildman–Crippen MR) is 173 cm³/mol. The van der Waals surface area contributed by atoms with Gasteiger partial charge in [0.1, 0.15) is 24.2 Å². The van der Waals surface area contributed by atoms with Crippen LogP contribution in [0.4, 0.5) is 11.8 Å². The molecule has 4 N–H and O–H groups in total. The highest BCUT2D eigenvalue weighted by Gasteiger charge is 2.26. The van der Waals surface area contributed by atoms with Gasteiger partial charge in [0, 0.05) is 42.6 Å². The smallest absolute Gasteiger partial charge is 0.221 e. The number of allylic oxidation sites excluding steroid dienone is 1. The van der Waals surface area contributed by atoms with Gasteiger partial charge in [-0.25, -0.2) is 4.98 Å². The first-order valence-corrected chi connectivity index (χ1v) is 14.5. The molecule has 0 saturated carbocycles. The molecule has 0 saturated heterocycles. The van der Waals surface area contributed by atoms with E-state index in [0.717, 1.165) is 28.0 Å². The molecule has 11 nitrogen and oxygen atoms in total. The number of aromatic nitrogens is 2. The van der Waals surface area contributed by atoms with Gasteiger partial charge in [-0.3, -0.25) is 9.80 Å². The summed E-state index contributed by atoms with van der Waals surface area (Å²) in [5, 5.41) is 6.45. The lowest BCUT2D eigenvalue weighted by molar-refractivity contribution is 0.104. The van der Waals surface area contributed by atoms with Gasteiger partial charge >= 0.3 is 0 Å². The van der Waals surface area contributed by atoms with Crippen molar-refractivity contribution in [3.63, 3.8) is 0 Å². The van der Waals surface area contributed by atoms with Crippen molar-refractivity contribution in [3.05, 3.63) is 113 Å². The first kappa shape index (κ1) is 31.0. The summed E-state index contributed by atoms with van der Waals surface area (Å²) in [7, 11) is 3.02. The van der Waals surface area contributed by atoms with Crippen LogP contribution in [0.5, 0.6) is 17.2 Å². The molecule has 11 heteroatoms. The molecule has 5 rings (SSSR count). The van der Waals surface area contributed by atoms with Crippen LogP contribution < -0.4 is 25.7 Å². The number of nitrogen functional groups attached to an aromatic ring is 2. The lowest BCUT2D eigenvalue weighted by atomic mass is 9.93. The quantitative estimate of drug-likeness (QED) is 0.123. The minimum Gasteiger partial charge on any atom is -0.493 e. The number of rotatable bonds is 13. The zero-order valence-electron chi connectivity index (χ0n) is 25.5. The van der Waals surface area contributed by atoms with Crippen LogP contribution in [0.3, 0.4) is 0 Å². The number of anilines is 2. The molecule has 0 spiro atoms. The minimum atomic E-state index is -0.292. The number of nitrogens with two attached hydrogens (primary N) is 2. The molecule has 1 aliphatic rings. The van der Waals surface area contributed by atoms with E-state index in [1.165, 1.54) is 20.3 Å². The van der Waals surface area contributed by atoms with Gasteiger partial charge < -0.3 is 30.4 Å². The number of nitrogens with zero attached hydrogens (tertiary/aromatic N) is 4. The number of methoxy groups -OCH3 is 2. The van der Waals surface area contributed by atoms with Gasteiger partial charge in [0.25, 0.3) is 0 Å². The van der Waals surface area contributed by atoms with Gasteiger partial charge in [0.15, 0.2) is 17.3 Å². The maximum Gasteiger partial charge on any atom is 0.221 e. The maximum absolute atomic E-state index is 13.7. The molecule has 4 aromatic rings. The number of hydrogen-bond acceptors (Lipinski definition) is 11. The fourth-order valence-electron chi connectivity index (χ4n) is 5.11. The average molecular weight is 609 g/mol. The van der Waals surface area contributed by atoms with Gasteiger partial charge in [0.05, 0.1) is 32.6 Å². The van der Waals surface area contributed by atoms with Crippen LogP contribution in [0.2, 0.25) is 0 Å². The summed E-state index contributed by atoms with van der Waals surface area (Å²) < 4.78 is 22.3. The molecule has 1 aromatic heterocycles.